The molecule has 0 spiro atoms. The van der Waals surface area contributed by atoms with E-state index in [0.717, 1.165) is 6.42 Å². The summed E-state index contributed by atoms with van der Waals surface area (Å²) in [6, 6.07) is 0. The summed E-state index contributed by atoms with van der Waals surface area (Å²) < 4.78 is 0. The van der Waals surface area contributed by atoms with Gasteiger partial charge in [0.15, 0.2) is 0 Å². The van der Waals surface area contributed by atoms with Gasteiger partial charge in [0, 0.05) is 12.4 Å². The average Bonchev–Trinajstić information content (AvgIpc) is 2.52. The molecule has 0 atom stereocenters. The fraction of sp³-hybridized carbons (Fsp3) is 0.636. The van der Waals surface area contributed by atoms with E-state index in [1.54, 1.807) is 0 Å². The van der Waals surface area contributed by atoms with E-state index in [1.165, 1.54) is 36.8 Å². The number of aromatic nitrogens is 1. The Morgan fingerprint density at radius 3 is 2.50 bits per heavy atom. The van der Waals surface area contributed by atoms with Crippen LogP contribution in [0.4, 0.5) is 0 Å². The van der Waals surface area contributed by atoms with Crippen LogP contribution in [0.15, 0.2) is 12.4 Å². The van der Waals surface area contributed by atoms with Crippen molar-refractivity contribution in [1.29, 1.82) is 0 Å². The predicted octanol–water partition coefficient (Wildman–Crippen LogP) is 3.31. The van der Waals surface area contributed by atoms with Gasteiger partial charge in [-0.2, -0.15) is 0 Å². The van der Waals surface area contributed by atoms with Crippen molar-refractivity contribution >= 4 is 0 Å². The third-order valence-electron chi connectivity index (χ3n) is 2.36. The third-order valence-corrected chi connectivity index (χ3v) is 2.36. The van der Waals surface area contributed by atoms with Gasteiger partial charge in [0.25, 0.3) is 0 Å². The molecule has 0 aliphatic heterocycles. The molecular weight excluding hydrogens is 146 g/mol. The van der Waals surface area contributed by atoms with Crippen LogP contribution in [0.2, 0.25) is 0 Å². The van der Waals surface area contributed by atoms with Crippen molar-refractivity contribution in [3.05, 3.63) is 23.5 Å². The van der Waals surface area contributed by atoms with Gasteiger partial charge in [-0.3, -0.25) is 0 Å². The normalized spacial score (nSPS) is 10.5. The van der Waals surface area contributed by atoms with E-state index < -0.39 is 0 Å². The van der Waals surface area contributed by atoms with Gasteiger partial charge in [-0.05, 0) is 30.4 Å². The SMILES string of the molecule is CCCCCc1c[nH]cc1CC. The number of unbranched alkanes of at least 4 members (excludes halogenated alkanes) is 2. The number of nitrogens with one attached hydrogen (secondary N) is 1. The minimum atomic E-state index is 1.16. The standard InChI is InChI=1S/C11H19N/c1-3-5-6-7-11-9-12-8-10(11)4-2/h8-9,12H,3-7H2,1-2H3. The first-order valence-electron chi connectivity index (χ1n) is 5.03. The zero-order chi connectivity index (χ0) is 8.81. The second kappa shape index (κ2) is 5.02. The molecule has 68 valence electrons. The van der Waals surface area contributed by atoms with Gasteiger partial charge in [-0.25, -0.2) is 0 Å². The first-order chi connectivity index (χ1) is 5.88. The molecule has 0 aromatic carbocycles. The minimum Gasteiger partial charge on any atom is -0.367 e. The molecule has 0 bridgehead atoms. The summed E-state index contributed by atoms with van der Waals surface area (Å²) in [6.07, 6.45) is 10.7. The Labute approximate surface area is 75.2 Å². The van der Waals surface area contributed by atoms with Crippen molar-refractivity contribution in [2.75, 3.05) is 0 Å². The largest absolute Gasteiger partial charge is 0.367 e. The average molecular weight is 165 g/mol. The summed E-state index contributed by atoms with van der Waals surface area (Å²) in [5, 5.41) is 0. The molecular formula is C11H19N. The zero-order valence-corrected chi connectivity index (χ0v) is 8.19. The highest BCUT2D eigenvalue weighted by Gasteiger charge is 1.99. The first-order valence-corrected chi connectivity index (χ1v) is 5.03. The van der Waals surface area contributed by atoms with Gasteiger partial charge < -0.3 is 4.98 Å². The van der Waals surface area contributed by atoms with E-state index in [2.05, 4.69) is 31.2 Å². The number of H-pyrrole nitrogens is 1. The summed E-state index contributed by atoms with van der Waals surface area (Å²) in [4.78, 5) is 3.18. The van der Waals surface area contributed by atoms with E-state index in [1.807, 2.05) is 0 Å². The van der Waals surface area contributed by atoms with Crippen LogP contribution in [0.5, 0.6) is 0 Å². The van der Waals surface area contributed by atoms with Crippen molar-refractivity contribution in [3.63, 3.8) is 0 Å². The van der Waals surface area contributed by atoms with E-state index in [4.69, 9.17) is 0 Å². The Morgan fingerprint density at radius 1 is 1.08 bits per heavy atom. The molecule has 1 aromatic heterocycles. The molecule has 0 saturated carbocycles. The van der Waals surface area contributed by atoms with Crippen LogP contribution < -0.4 is 0 Å². The van der Waals surface area contributed by atoms with Gasteiger partial charge in [0.05, 0.1) is 0 Å². The molecule has 0 amide bonds. The monoisotopic (exact) mass is 165 g/mol. The smallest absolute Gasteiger partial charge is 0.00401 e. The molecule has 0 saturated heterocycles. The minimum absolute atomic E-state index is 1.16. The molecule has 12 heavy (non-hydrogen) atoms. The highest BCUT2D eigenvalue weighted by Crippen LogP contribution is 2.12. The van der Waals surface area contributed by atoms with E-state index in [9.17, 15) is 0 Å². The van der Waals surface area contributed by atoms with Gasteiger partial charge in [0.2, 0.25) is 0 Å². The van der Waals surface area contributed by atoms with Gasteiger partial charge in [-0.15, -0.1) is 0 Å². The molecule has 1 aromatic rings. The maximum Gasteiger partial charge on any atom is 0.00401 e. The fourth-order valence-electron chi connectivity index (χ4n) is 1.56. The van der Waals surface area contributed by atoms with Crippen LogP contribution in [0, 0.1) is 0 Å². The maximum atomic E-state index is 3.18. The van der Waals surface area contributed by atoms with Crippen LogP contribution in [0.25, 0.3) is 0 Å². The van der Waals surface area contributed by atoms with Crippen molar-refractivity contribution in [2.45, 2.75) is 46.0 Å². The molecule has 1 rings (SSSR count). The zero-order valence-electron chi connectivity index (χ0n) is 8.19. The van der Waals surface area contributed by atoms with Crippen LogP contribution in [0.3, 0.4) is 0 Å². The van der Waals surface area contributed by atoms with Crippen molar-refractivity contribution in [1.82, 2.24) is 4.98 Å². The molecule has 0 aliphatic rings. The second-order valence-corrected chi connectivity index (χ2v) is 3.32. The summed E-state index contributed by atoms with van der Waals surface area (Å²) in [7, 11) is 0. The van der Waals surface area contributed by atoms with Crippen LogP contribution >= 0.6 is 0 Å². The van der Waals surface area contributed by atoms with Crippen molar-refractivity contribution < 1.29 is 0 Å². The Morgan fingerprint density at radius 2 is 1.83 bits per heavy atom. The molecule has 0 aliphatic carbocycles. The van der Waals surface area contributed by atoms with Gasteiger partial charge in [0.1, 0.15) is 0 Å². The number of hydrogen-bond acceptors (Lipinski definition) is 0. The summed E-state index contributed by atoms with van der Waals surface area (Å²) in [5.74, 6) is 0. The lowest BCUT2D eigenvalue weighted by Crippen LogP contribution is -1.87. The molecule has 0 fully saturated rings. The summed E-state index contributed by atoms with van der Waals surface area (Å²) >= 11 is 0. The highest BCUT2D eigenvalue weighted by atomic mass is 14.6. The second-order valence-electron chi connectivity index (χ2n) is 3.32. The van der Waals surface area contributed by atoms with Crippen molar-refractivity contribution in [2.24, 2.45) is 0 Å². The molecule has 0 radical (unpaired) electrons. The van der Waals surface area contributed by atoms with E-state index in [-0.39, 0.29) is 0 Å². The quantitative estimate of drug-likeness (QED) is 0.644. The molecule has 1 heterocycles. The van der Waals surface area contributed by atoms with E-state index >= 15 is 0 Å². The lowest BCUT2D eigenvalue weighted by atomic mass is 10.1. The molecule has 0 unspecified atom stereocenters. The Hall–Kier alpha value is -0.720. The lowest BCUT2D eigenvalue weighted by molar-refractivity contribution is 0.714. The summed E-state index contributed by atoms with van der Waals surface area (Å²) in [5.41, 5.74) is 3.01. The predicted molar refractivity (Wildman–Crippen MR) is 53.4 cm³/mol. The Balaban J connectivity index is 2.39. The number of aromatic amines is 1. The Kier molecular flexibility index (Phi) is 3.92. The molecule has 1 heteroatoms. The van der Waals surface area contributed by atoms with E-state index in [0.29, 0.717) is 0 Å². The van der Waals surface area contributed by atoms with Crippen LogP contribution in [0.1, 0.15) is 44.2 Å². The Bertz CT molecular complexity index is 213. The van der Waals surface area contributed by atoms with Crippen molar-refractivity contribution in [3.8, 4) is 0 Å². The summed E-state index contributed by atoms with van der Waals surface area (Å²) in [6.45, 7) is 4.46. The topological polar surface area (TPSA) is 15.8 Å². The molecule has 1 nitrogen and oxygen atoms in total. The first kappa shape index (κ1) is 9.37. The van der Waals surface area contributed by atoms with Gasteiger partial charge >= 0.3 is 0 Å². The van der Waals surface area contributed by atoms with Gasteiger partial charge in [-0.1, -0.05) is 26.7 Å². The number of aryl methyl sites for hydroxylation is 2. The van der Waals surface area contributed by atoms with Crippen LogP contribution in [-0.4, -0.2) is 4.98 Å². The highest BCUT2D eigenvalue weighted by molar-refractivity contribution is 5.23. The molecule has 1 N–H and O–H groups in total. The fourth-order valence-corrected chi connectivity index (χ4v) is 1.56. The number of hydrogen-bond donors (Lipinski definition) is 1. The lowest BCUT2D eigenvalue weighted by Gasteiger charge is -1.99. The number of rotatable bonds is 5. The maximum absolute atomic E-state index is 3.18. The third kappa shape index (κ3) is 2.40. The van der Waals surface area contributed by atoms with Crippen LogP contribution in [-0.2, 0) is 12.8 Å².